The first-order chi connectivity index (χ1) is 14.2. The van der Waals surface area contributed by atoms with Crippen molar-refractivity contribution in [3.63, 3.8) is 0 Å². The summed E-state index contributed by atoms with van der Waals surface area (Å²) < 4.78 is 10.2. The van der Waals surface area contributed by atoms with Crippen molar-refractivity contribution in [2.24, 2.45) is 5.41 Å². The smallest absolute Gasteiger partial charge is 0.340 e. The van der Waals surface area contributed by atoms with Gasteiger partial charge in [0.1, 0.15) is 12.0 Å². The maximum Gasteiger partial charge on any atom is 0.340 e. The van der Waals surface area contributed by atoms with Crippen LogP contribution in [0.15, 0.2) is 62.2 Å². The Morgan fingerprint density at radius 2 is 1.50 bits per heavy atom. The summed E-state index contributed by atoms with van der Waals surface area (Å²) in [6.07, 6.45) is 2.03. The third-order valence-electron chi connectivity index (χ3n) is 4.50. The highest BCUT2D eigenvalue weighted by molar-refractivity contribution is 6.20. The lowest BCUT2D eigenvalue weighted by Crippen LogP contribution is -2.66. The topological polar surface area (TPSA) is 153 Å². The van der Waals surface area contributed by atoms with Gasteiger partial charge in [-0.25, -0.2) is 9.59 Å². The molecule has 9 nitrogen and oxygen atoms in total. The van der Waals surface area contributed by atoms with Crippen molar-refractivity contribution in [2.75, 3.05) is 25.6 Å². The molecule has 30 heavy (non-hydrogen) atoms. The van der Waals surface area contributed by atoms with E-state index in [0.29, 0.717) is 18.2 Å². The molecule has 0 aliphatic carbocycles. The van der Waals surface area contributed by atoms with E-state index in [4.69, 9.17) is 15.2 Å². The molecule has 0 saturated heterocycles. The van der Waals surface area contributed by atoms with Crippen LogP contribution in [0.5, 0.6) is 0 Å². The van der Waals surface area contributed by atoms with Crippen molar-refractivity contribution in [3.8, 4) is 0 Å². The molecule has 0 radical (unpaired) electrons. The van der Waals surface area contributed by atoms with Gasteiger partial charge in [-0.3, -0.25) is 9.59 Å². The standard InChI is InChI=1S/C21H23NO8/c1-4-16(25)21(17(26)5-2,30-18(27)6-3)20(11-23,12-24)13-29-19(28)14-9-7-8-10-15(14)22/h4-10,23-24H,1-3,11-13,22H2. The molecule has 0 heterocycles. The highest BCUT2D eigenvalue weighted by Gasteiger charge is 2.63. The lowest BCUT2D eigenvalue weighted by molar-refractivity contribution is -0.195. The van der Waals surface area contributed by atoms with Gasteiger partial charge in [-0.2, -0.15) is 0 Å². The van der Waals surface area contributed by atoms with E-state index in [0.717, 1.165) is 0 Å². The molecule has 0 spiro atoms. The van der Waals surface area contributed by atoms with Crippen LogP contribution in [-0.4, -0.2) is 59.1 Å². The molecule has 4 N–H and O–H groups in total. The number of ketones is 2. The number of carbonyl (C=O) groups excluding carboxylic acids is 4. The fourth-order valence-electron chi connectivity index (χ4n) is 2.76. The summed E-state index contributed by atoms with van der Waals surface area (Å²) in [4.78, 5) is 49.9. The number of anilines is 1. The summed E-state index contributed by atoms with van der Waals surface area (Å²) in [6.45, 7) is 6.67. The molecule has 160 valence electrons. The van der Waals surface area contributed by atoms with Crippen molar-refractivity contribution >= 4 is 29.2 Å². The second-order valence-corrected chi connectivity index (χ2v) is 6.20. The minimum Gasteiger partial charge on any atom is -0.461 e. The van der Waals surface area contributed by atoms with Crippen LogP contribution < -0.4 is 5.73 Å². The van der Waals surface area contributed by atoms with Gasteiger partial charge >= 0.3 is 11.9 Å². The lowest BCUT2D eigenvalue weighted by Gasteiger charge is -2.43. The number of ether oxygens (including phenoxy) is 2. The number of benzene rings is 1. The van der Waals surface area contributed by atoms with E-state index in [1.807, 2.05) is 0 Å². The molecule has 1 aromatic carbocycles. The molecule has 0 amide bonds. The van der Waals surface area contributed by atoms with Gasteiger partial charge in [-0.1, -0.05) is 31.9 Å². The predicted octanol–water partition coefficient (Wildman–Crippen LogP) is 0.375. The summed E-state index contributed by atoms with van der Waals surface area (Å²) in [5, 5.41) is 20.1. The van der Waals surface area contributed by atoms with Crippen molar-refractivity contribution in [2.45, 2.75) is 5.60 Å². The van der Waals surface area contributed by atoms with E-state index in [1.54, 1.807) is 6.07 Å². The van der Waals surface area contributed by atoms with Crippen LogP contribution >= 0.6 is 0 Å². The number of carbonyl (C=O) groups is 4. The maximum absolute atomic E-state index is 12.7. The summed E-state index contributed by atoms with van der Waals surface area (Å²) in [7, 11) is 0. The van der Waals surface area contributed by atoms with Crippen molar-refractivity contribution in [1.29, 1.82) is 0 Å². The van der Waals surface area contributed by atoms with Gasteiger partial charge in [0.25, 0.3) is 0 Å². The first kappa shape index (κ1) is 24.5. The van der Waals surface area contributed by atoms with Gasteiger partial charge in [0.05, 0.1) is 18.8 Å². The molecule has 1 rings (SSSR count). The molecule has 1 aromatic rings. The number of nitrogens with two attached hydrogens (primary N) is 1. The zero-order valence-electron chi connectivity index (χ0n) is 16.2. The third-order valence-corrected chi connectivity index (χ3v) is 4.50. The van der Waals surface area contributed by atoms with Gasteiger partial charge in [0.15, 0.2) is 0 Å². The molecule has 0 saturated carbocycles. The first-order valence-corrected chi connectivity index (χ1v) is 8.62. The Bertz CT molecular complexity index is 850. The minimum atomic E-state index is -2.81. The first-order valence-electron chi connectivity index (χ1n) is 8.62. The number of hydrogen-bond acceptors (Lipinski definition) is 9. The molecule has 9 heteroatoms. The fraction of sp³-hybridized carbons (Fsp3) is 0.238. The average Bonchev–Trinajstić information content (AvgIpc) is 2.77. The second-order valence-electron chi connectivity index (χ2n) is 6.20. The summed E-state index contributed by atoms with van der Waals surface area (Å²) in [5.74, 6) is -4.49. The summed E-state index contributed by atoms with van der Waals surface area (Å²) in [6, 6.07) is 5.92. The molecule has 0 fully saturated rings. The Morgan fingerprint density at radius 1 is 0.967 bits per heavy atom. The molecular weight excluding hydrogens is 394 g/mol. The maximum atomic E-state index is 12.7. The van der Waals surface area contributed by atoms with Gasteiger partial charge < -0.3 is 25.4 Å². The van der Waals surface area contributed by atoms with E-state index in [-0.39, 0.29) is 11.3 Å². The molecule has 0 atom stereocenters. The predicted molar refractivity (Wildman–Crippen MR) is 107 cm³/mol. The van der Waals surface area contributed by atoms with Crippen LogP contribution in [0.2, 0.25) is 0 Å². The highest BCUT2D eigenvalue weighted by atomic mass is 16.6. The summed E-state index contributed by atoms with van der Waals surface area (Å²) in [5.41, 5.74) is 0.698. The Hall–Kier alpha value is -3.56. The number of esters is 2. The second kappa shape index (κ2) is 10.3. The highest BCUT2D eigenvalue weighted by Crippen LogP contribution is 2.38. The van der Waals surface area contributed by atoms with E-state index in [9.17, 15) is 29.4 Å². The number of aliphatic hydroxyl groups is 2. The van der Waals surface area contributed by atoms with Gasteiger partial charge in [-0.05, 0) is 24.3 Å². The molecular formula is C21H23NO8. The Labute approximate surface area is 173 Å². The zero-order chi connectivity index (χ0) is 22.9. The van der Waals surface area contributed by atoms with Crippen LogP contribution in [0.4, 0.5) is 5.69 Å². The van der Waals surface area contributed by atoms with Crippen LogP contribution in [0, 0.1) is 5.41 Å². The largest absolute Gasteiger partial charge is 0.461 e. The van der Waals surface area contributed by atoms with Crippen LogP contribution in [0.3, 0.4) is 0 Å². The lowest BCUT2D eigenvalue weighted by atomic mass is 9.68. The van der Waals surface area contributed by atoms with E-state index in [2.05, 4.69) is 19.7 Å². The average molecular weight is 417 g/mol. The van der Waals surface area contributed by atoms with Crippen LogP contribution in [-0.2, 0) is 23.9 Å². The number of rotatable bonds is 12. The van der Waals surface area contributed by atoms with E-state index in [1.165, 1.54) is 18.2 Å². The molecule has 0 aliphatic heterocycles. The normalized spacial score (nSPS) is 11.1. The number of aliphatic hydroxyl groups excluding tert-OH is 2. The Morgan fingerprint density at radius 3 is 1.93 bits per heavy atom. The van der Waals surface area contributed by atoms with Gasteiger partial charge in [-0.15, -0.1) is 0 Å². The SMILES string of the molecule is C=CC(=O)OC(C(=O)C=C)(C(=O)C=C)C(CO)(CO)COC(=O)c1ccccc1N. The van der Waals surface area contributed by atoms with Crippen LogP contribution in [0.25, 0.3) is 0 Å². The number of nitrogen functional groups attached to an aromatic ring is 1. The molecule has 0 aromatic heterocycles. The molecule has 0 unspecified atom stereocenters. The van der Waals surface area contributed by atoms with E-state index >= 15 is 0 Å². The van der Waals surface area contributed by atoms with Crippen molar-refractivity contribution in [1.82, 2.24) is 0 Å². The van der Waals surface area contributed by atoms with Crippen molar-refractivity contribution in [3.05, 3.63) is 67.8 Å². The van der Waals surface area contributed by atoms with Crippen molar-refractivity contribution < 1.29 is 38.9 Å². The Kier molecular flexibility index (Phi) is 8.39. The number of para-hydroxylation sites is 1. The Balaban J connectivity index is 3.54. The quantitative estimate of drug-likeness (QED) is 0.189. The minimum absolute atomic E-state index is 0.0268. The van der Waals surface area contributed by atoms with Crippen LogP contribution in [0.1, 0.15) is 10.4 Å². The third kappa shape index (κ3) is 4.37. The fourth-order valence-corrected chi connectivity index (χ4v) is 2.76. The molecule has 0 bridgehead atoms. The summed E-state index contributed by atoms with van der Waals surface area (Å²) >= 11 is 0. The van der Waals surface area contributed by atoms with Gasteiger partial charge in [0.2, 0.25) is 17.2 Å². The molecule has 0 aliphatic rings. The monoisotopic (exact) mass is 417 g/mol. The van der Waals surface area contributed by atoms with E-state index < -0.39 is 54.3 Å². The van der Waals surface area contributed by atoms with Gasteiger partial charge in [0, 0.05) is 11.8 Å². The zero-order valence-corrected chi connectivity index (χ0v) is 16.2. The number of hydrogen-bond donors (Lipinski definition) is 3.